The number of rotatable bonds is 5. The van der Waals surface area contributed by atoms with Gasteiger partial charge in [0, 0.05) is 53.3 Å². The second-order valence-electron chi connectivity index (χ2n) is 12.8. The maximum absolute atomic E-state index is 9.91. The summed E-state index contributed by atoms with van der Waals surface area (Å²) >= 11 is 1.83. The van der Waals surface area contributed by atoms with Gasteiger partial charge in [0.1, 0.15) is 0 Å². The van der Waals surface area contributed by atoms with Gasteiger partial charge < -0.3 is 4.57 Å². The standard InChI is InChI=1S/C46H27N5S/c47-28-29-21-23-40-38(25-29)39-27-32(35-18-10-19-37-36-17-7-8-20-42(36)52-43(35)37)22-24-41(39)51(40)34-16-9-15-33(26-34)46-49-44(30-11-3-1-4-12-30)48-45(50-46)31-13-5-2-6-14-31/h1-27H. The summed E-state index contributed by atoms with van der Waals surface area (Å²) in [7, 11) is 0. The van der Waals surface area contributed by atoms with Crippen LogP contribution in [0.25, 0.3) is 93.0 Å². The minimum Gasteiger partial charge on any atom is -0.309 e. The number of fused-ring (bicyclic) bond motifs is 6. The number of hydrogen-bond acceptors (Lipinski definition) is 5. The van der Waals surface area contributed by atoms with Gasteiger partial charge in [-0.05, 0) is 59.7 Å². The van der Waals surface area contributed by atoms with Crippen molar-refractivity contribution in [2.24, 2.45) is 0 Å². The fourth-order valence-corrected chi connectivity index (χ4v) is 8.47. The Morgan fingerprint density at radius 2 is 1.06 bits per heavy atom. The molecule has 3 aromatic heterocycles. The summed E-state index contributed by atoms with van der Waals surface area (Å²) in [5.74, 6) is 1.84. The Morgan fingerprint density at radius 3 is 1.79 bits per heavy atom. The Labute approximate surface area is 303 Å². The highest BCUT2D eigenvalue weighted by atomic mass is 32.1. The molecule has 0 saturated heterocycles. The Bertz CT molecular complexity index is 2970. The average Bonchev–Trinajstić information content (AvgIpc) is 3.76. The predicted molar refractivity (Wildman–Crippen MR) is 214 cm³/mol. The van der Waals surface area contributed by atoms with Crippen molar-refractivity contribution in [3.63, 3.8) is 0 Å². The molecule has 242 valence electrons. The molecule has 0 aliphatic rings. The van der Waals surface area contributed by atoms with Crippen LogP contribution in [0, 0.1) is 11.3 Å². The van der Waals surface area contributed by atoms with Gasteiger partial charge in [0.2, 0.25) is 0 Å². The first kappa shape index (κ1) is 29.9. The monoisotopic (exact) mass is 681 g/mol. The lowest BCUT2D eigenvalue weighted by Gasteiger charge is -2.12. The van der Waals surface area contributed by atoms with Crippen LogP contribution in [0.2, 0.25) is 0 Å². The van der Waals surface area contributed by atoms with Crippen molar-refractivity contribution in [1.82, 2.24) is 19.5 Å². The summed E-state index contributed by atoms with van der Waals surface area (Å²) in [6.07, 6.45) is 0. The lowest BCUT2D eigenvalue weighted by molar-refractivity contribution is 1.07. The molecular weight excluding hydrogens is 655 g/mol. The third-order valence-electron chi connectivity index (χ3n) is 9.67. The summed E-state index contributed by atoms with van der Waals surface area (Å²) in [5, 5.41) is 14.6. The van der Waals surface area contributed by atoms with Crippen LogP contribution in [0.5, 0.6) is 0 Å². The van der Waals surface area contributed by atoms with Crippen LogP contribution in [0.15, 0.2) is 164 Å². The van der Waals surface area contributed by atoms with E-state index in [1.165, 1.54) is 25.7 Å². The second kappa shape index (κ2) is 12.1. The van der Waals surface area contributed by atoms with E-state index in [2.05, 4.69) is 95.6 Å². The van der Waals surface area contributed by atoms with Gasteiger partial charge in [0.15, 0.2) is 17.5 Å². The van der Waals surface area contributed by atoms with E-state index in [-0.39, 0.29) is 0 Å². The van der Waals surface area contributed by atoms with E-state index in [1.807, 2.05) is 90.2 Å². The van der Waals surface area contributed by atoms with E-state index >= 15 is 0 Å². The highest BCUT2D eigenvalue weighted by Crippen LogP contribution is 2.42. The molecule has 0 saturated carbocycles. The van der Waals surface area contributed by atoms with Crippen molar-refractivity contribution < 1.29 is 0 Å². The Balaban J connectivity index is 1.16. The van der Waals surface area contributed by atoms with E-state index in [0.29, 0.717) is 23.0 Å². The molecule has 0 fully saturated rings. The second-order valence-corrected chi connectivity index (χ2v) is 13.8. The summed E-state index contributed by atoms with van der Waals surface area (Å²) < 4.78 is 4.83. The smallest absolute Gasteiger partial charge is 0.164 e. The van der Waals surface area contributed by atoms with Gasteiger partial charge in [-0.2, -0.15) is 5.26 Å². The van der Waals surface area contributed by atoms with Gasteiger partial charge in [-0.25, -0.2) is 15.0 Å². The Kier molecular flexibility index (Phi) is 6.98. The zero-order chi connectivity index (χ0) is 34.6. The van der Waals surface area contributed by atoms with E-state index in [9.17, 15) is 5.26 Å². The molecule has 0 spiro atoms. The number of nitriles is 1. The van der Waals surface area contributed by atoms with Crippen LogP contribution in [-0.4, -0.2) is 19.5 Å². The molecule has 0 unspecified atom stereocenters. The third-order valence-corrected chi connectivity index (χ3v) is 10.9. The van der Waals surface area contributed by atoms with E-state index in [4.69, 9.17) is 15.0 Å². The summed E-state index contributed by atoms with van der Waals surface area (Å²) in [4.78, 5) is 14.9. The van der Waals surface area contributed by atoms with Crippen LogP contribution in [0.3, 0.4) is 0 Å². The molecule has 3 heterocycles. The lowest BCUT2D eigenvalue weighted by Crippen LogP contribution is -2.01. The first-order valence-electron chi connectivity index (χ1n) is 17.1. The van der Waals surface area contributed by atoms with Crippen molar-refractivity contribution in [2.45, 2.75) is 0 Å². The zero-order valence-electron chi connectivity index (χ0n) is 27.7. The van der Waals surface area contributed by atoms with Crippen LogP contribution in [-0.2, 0) is 0 Å². The maximum Gasteiger partial charge on any atom is 0.164 e. The Hall–Kier alpha value is -6.94. The molecule has 0 radical (unpaired) electrons. The van der Waals surface area contributed by atoms with Crippen molar-refractivity contribution in [3.05, 3.63) is 169 Å². The zero-order valence-corrected chi connectivity index (χ0v) is 28.5. The van der Waals surface area contributed by atoms with Gasteiger partial charge in [-0.3, -0.25) is 0 Å². The average molecular weight is 682 g/mol. The lowest BCUT2D eigenvalue weighted by atomic mass is 10.0. The SMILES string of the molecule is N#Cc1ccc2c(c1)c1cc(-c3cccc4c3sc3ccccc34)ccc1n2-c1cccc(-c2nc(-c3ccccc3)nc(-c3ccccc3)n2)c1. The van der Waals surface area contributed by atoms with Crippen molar-refractivity contribution in [3.8, 4) is 57.0 Å². The molecule has 6 heteroatoms. The minimum absolute atomic E-state index is 0.598. The van der Waals surface area contributed by atoms with E-state index in [1.54, 1.807) is 0 Å². The predicted octanol–water partition coefficient (Wildman–Crippen LogP) is 11.9. The molecule has 0 aliphatic carbocycles. The molecule has 0 aliphatic heterocycles. The fourth-order valence-electron chi connectivity index (χ4n) is 7.23. The molecular formula is C46H27N5S. The van der Waals surface area contributed by atoms with Crippen molar-refractivity contribution in [2.75, 3.05) is 0 Å². The van der Waals surface area contributed by atoms with Crippen LogP contribution < -0.4 is 0 Å². The molecule has 0 amide bonds. The number of thiophene rings is 1. The number of benzene rings is 7. The topological polar surface area (TPSA) is 67.4 Å². The largest absolute Gasteiger partial charge is 0.309 e. The molecule has 10 rings (SSSR count). The fraction of sp³-hybridized carbons (Fsp3) is 0. The normalized spacial score (nSPS) is 11.4. The van der Waals surface area contributed by atoms with E-state index < -0.39 is 0 Å². The minimum atomic E-state index is 0.598. The van der Waals surface area contributed by atoms with Crippen molar-refractivity contribution >= 4 is 53.3 Å². The summed E-state index contributed by atoms with van der Waals surface area (Å²) in [6.45, 7) is 0. The maximum atomic E-state index is 9.91. The molecule has 52 heavy (non-hydrogen) atoms. The third kappa shape index (κ3) is 4.95. The first-order valence-corrected chi connectivity index (χ1v) is 17.9. The molecule has 7 aromatic carbocycles. The quantitative estimate of drug-likeness (QED) is 0.181. The molecule has 10 aromatic rings. The van der Waals surface area contributed by atoms with Gasteiger partial charge in [-0.1, -0.05) is 115 Å². The van der Waals surface area contributed by atoms with Gasteiger partial charge in [-0.15, -0.1) is 11.3 Å². The molecule has 0 N–H and O–H groups in total. The summed E-state index contributed by atoms with van der Waals surface area (Å²) in [6, 6.07) is 58.6. The first-order chi connectivity index (χ1) is 25.7. The van der Waals surface area contributed by atoms with Crippen molar-refractivity contribution in [1.29, 1.82) is 5.26 Å². The summed E-state index contributed by atoms with van der Waals surface area (Å²) in [5.41, 5.74) is 8.77. The van der Waals surface area contributed by atoms with Crippen LogP contribution >= 0.6 is 11.3 Å². The van der Waals surface area contributed by atoms with E-state index in [0.717, 1.165) is 49.7 Å². The number of hydrogen-bond donors (Lipinski definition) is 0. The highest BCUT2D eigenvalue weighted by molar-refractivity contribution is 7.26. The molecule has 0 bridgehead atoms. The van der Waals surface area contributed by atoms with Gasteiger partial charge in [0.25, 0.3) is 0 Å². The number of aromatic nitrogens is 4. The van der Waals surface area contributed by atoms with Gasteiger partial charge >= 0.3 is 0 Å². The molecule has 0 atom stereocenters. The number of nitrogens with zero attached hydrogens (tertiary/aromatic N) is 5. The van der Waals surface area contributed by atoms with Gasteiger partial charge in [0.05, 0.1) is 22.7 Å². The highest BCUT2D eigenvalue weighted by Gasteiger charge is 2.18. The van der Waals surface area contributed by atoms with Crippen LogP contribution in [0.4, 0.5) is 0 Å². The Morgan fingerprint density at radius 1 is 0.462 bits per heavy atom. The van der Waals surface area contributed by atoms with Crippen LogP contribution in [0.1, 0.15) is 5.56 Å². The molecule has 5 nitrogen and oxygen atoms in total.